The minimum absolute atomic E-state index is 0. The van der Waals surface area contributed by atoms with Gasteiger partial charge in [-0.2, -0.15) is 8.42 Å². The third-order valence-electron chi connectivity index (χ3n) is 4.19. The third kappa shape index (κ3) is 5.78. The molecule has 10 atom stereocenters. The summed E-state index contributed by atoms with van der Waals surface area (Å²) < 4.78 is 50.4. The average molecular weight is 478 g/mol. The second-order valence-corrected chi connectivity index (χ2v) is 7.07. The van der Waals surface area contributed by atoms with Crippen LogP contribution in [-0.2, 0) is 45.9 Å². The Bertz CT molecular complexity index is 589. The summed E-state index contributed by atoms with van der Waals surface area (Å²) in [6.45, 7) is -1.64. The van der Waals surface area contributed by atoms with Crippen LogP contribution in [0.3, 0.4) is 0 Å². The van der Waals surface area contributed by atoms with Gasteiger partial charge in [-0.25, -0.2) is 4.18 Å². The Kier molecular flexibility index (Phi) is 9.61. The van der Waals surface area contributed by atoms with Crippen molar-refractivity contribution in [3.05, 3.63) is 0 Å². The zero-order valence-electron chi connectivity index (χ0n) is 14.0. The quantitative estimate of drug-likeness (QED) is 0.131. The van der Waals surface area contributed by atoms with Crippen molar-refractivity contribution in [1.29, 1.82) is 0 Å². The number of ether oxygens (including phenoxy) is 3. The molecule has 2 fully saturated rings. The summed E-state index contributed by atoms with van der Waals surface area (Å²) in [7, 11) is -5.16. The Labute approximate surface area is 169 Å². The molecule has 0 saturated carbocycles. The van der Waals surface area contributed by atoms with Crippen molar-refractivity contribution in [3.8, 4) is 0 Å². The van der Waals surface area contributed by atoms with E-state index in [0.29, 0.717) is 0 Å². The molecule has 0 aliphatic carbocycles. The summed E-state index contributed by atoms with van der Waals surface area (Å²) in [6.07, 6.45) is -17.9. The van der Waals surface area contributed by atoms with Gasteiger partial charge in [-0.3, -0.25) is 4.55 Å². The number of aliphatic hydroxyl groups is 7. The van der Waals surface area contributed by atoms with Crippen LogP contribution in [0.4, 0.5) is 0 Å². The smallest absolute Gasteiger partial charge is 0.394 e. The first-order valence-corrected chi connectivity index (χ1v) is 9.10. The molecule has 168 valence electrons. The summed E-state index contributed by atoms with van der Waals surface area (Å²) in [5, 5.41) is 67.6. The normalized spacial score (nSPS) is 44.7. The fourth-order valence-corrected chi connectivity index (χ4v) is 3.28. The zero-order valence-corrected chi connectivity index (χ0v) is 15.9. The number of hydrogen-bond acceptors (Lipinski definition) is 13. The van der Waals surface area contributed by atoms with Gasteiger partial charge in [0.25, 0.3) is 0 Å². The number of rotatable bonds is 6. The monoisotopic (exact) mass is 478 g/mol. The van der Waals surface area contributed by atoms with Gasteiger partial charge >= 0.3 is 10.4 Å². The van der Waals surface area contributed by atoms with E-state index in [0.717, 1.165) is 0 Å². The van der Waals surface area contributed by atoms with E-state index >= 15 is 0 Å². The second-order valence-electron chi connectivity index (χ2n) is 6.02. The van der Waals surface area contributed by atoms with Crippen molar-refractivity contribution in [2.75, 3.05) is 13.2 Å². The molecular formula is C12H22FeO14S. The minimum atomic E-state index is -5.16. The first-order chi connectivity index (χ1) is 12.5. The van der Waals surface area contributed by atoms with Gasteiger partial charge in [-0.1, -0.05) is 0 Å². The molecule has 0 aromatic heterocycles. The van der Waals surface area contributed by atoms with Crippen LogP contribution in [0.15, 0.2) is 0 Å². The van der Waals surface area contributed by atoms with Crippen LogP contribution >= 0.6 is 0 Å². The van der Waals surface area contributed by atoms with E-state index in [-0.39, 0.29) is 17.1 Å². The maximum absolute atomic E-state index is 11.0. The molecule has 0 unspecified atom stereocenters. The molecule has 0 aromatic carbocycles. The van der Waals surface area contributed by atoms with Gasteiger partial charge in [0.15, 0.2) is 18.7 Å². The topological polar surface area (TPSA) is 233 Å². The molecule has 0 spiro atoms. The average Bonchev–Trinajstić information content (AvgIpc) is 2.60. The Morgan fingerprint density at radius 2 is 1.32 bits per heavy atom. The van der Waals surface area contributed by atoms with Crippen molar-refractivity contribution in [2.24, 2.45) is 0 Å². The molecule has 8 N–H and O–H groups in total. The Morgan fingerprint density at radius 1 is 0.786 bits per heavy atom. The molecule has 0 radical (unpaired) electrons. The summed E-state index contributed by atoms with van der Waals surface area (Å²) in [6, 6.07) is 0. The maximum Gasteiger partial charge on any atom is 0.397 e. The van der Waals surface area contributed by atoms with Gasteiger partial charge in [0.2, 0.25) is 0 Å². The van der Waals surface area contributed by atoms with Gasteiger partial charge in [-0.15, -0.1) is 0 Å². The van der Waals surface area contributed by atoms with Crippen LogP contribution in [0.2, 0.25) is 0 Å². The van der Waals surface area contributed by atoms with Crippen LogP contribution in [0.1, 0.15) is 0 Å². The van der Waals surface area contributed by atoms with Crippen molar-refractivity contribution < 1.29 is 84.2 Å². The second kappa shape index (κ2) is 10.3. The van der Waals surface area contributed by atoms with Gasteiger partial charge in [0.05, 0.1) is 13.2 Å². The van der Waals surface area contributed by atoms with E-state index < -0.39 is 85.0 Å². The molecule has 2 heterocycles. The van der Waals surface area contributed by atoms with Crippen LogP contribution in [0.25, 0.3) is 0 Å². The van der Waals surface area contributed by atoms with Gasteiger partial charge in [-0.05, 0) is 0 Å². The van der Waals surface area contributed by atoms with Gasteiger partial charge in [0, 0.05) is 17.1 Å². The van der Waals surface area contributed by atoms with Crippen molar-refractivity contribution in [1.82, 2.24) is 0 Å². The molecule has 16 heteroatoms. The third-order valence-corrected chi connectivity index (χ3v) is 4.65. The Balaban J connectivity index is 0.00000392. The molecule has 2 aliphatic heterocycles. The number of hydrogen-bond donors (Lipinski definition) is 8. The Morgan fingerprint density at radius 3 is 1.82 bits per heavy atom. The van der Waals surface area contributed by atoms with Crippen molar-refractivity contribution in [3.63, 3.8) is 0 Å². The van der Waals surface area contributed by atoms with E-state index in [1.54, 1.807) is 0 Å². The summed E-state index contributed by atoms with van der Waals surface area (Å²) >= 11 is 0. The van der Waals surface area contributed by atoms with Crippen LogP contribution in [-0.4, -0.2) is 123 Å². The van der Waals surface area contributed by atoms with E-state index in [1.807, 2.05) is 0 Å². The zero-order chi connectivity index (χ0) is 20.5. The standard InChI is InChI=1S/C12H22O14S.Fe/c13-1-3-5(15)6(16)10(26-27(20,21)22)12(24-3)25-9-4(2-14)23-11(19)8(18)7(9)17;/h3-19H,1-2H2,(H,20,21,22);/t3-,4-,5+,6+,7-,8-,9-,10-,11-,12+;/m1./s1. The summed E-state index contributed by atoms with van der Waals surface area (Å²) in [5.74, 6) is 0. The molecule has 0 bridgehead atoms. The molecule has 28 heavy (non-hydrogen) atoms. The molecular weight excluding hydrogens is 456 g/mol. The largest absolute Gasteiger partial charge is 0.397 e. The van der Waals surface area contributed by atoms with Crippen LogP contribution in [0.5, 0.6) is 0 Å². The van der Waals surface area contributed by atoms with Crippen molar-refractivity contribution in [2.45, 2.75) is 61.4 Å². The maximum atomic E-state index is 11.0. The molecule has 0 aromatic rings. The molecule has 14 nitrogen and oxygen atoms in total. The first kappa shape index (κ1) is 26.0. The SMILES string of the molecule is O=S(=O)(O)O[C@H]1[C@H](O[C@H]2[C@H](O)[C@@H](O)[C@H](O)O[C@@H]2CO)O[C@H](CO)[C@H](O)[C@@H]1O.[Fe]. The first-order valence-electron chi connectivity index (χ1n) is 7.74. The van der Waals surface area contributed by atoms with Crippen molar-refractivity contribution >= 4 is 10.4 Å². The van der Waals surface area contributed by atoms with E-state index in [9.17, 15) is 44.2 Å². The Hall–Kier alpha value is -0.0105. The van der Waals surface area contributed by atoms with E-state index in [1.165, 1.54) is 0 Å². The van der Waals surface area contributed by atoms with E-state index in [2.05, 4.69) is 4.18 Å². The van der Waals surface area contributed by atoms with E-state index in [4.69, 9.17) is 18.8 Å². The fourth-order valence-electron chi connectivity index (χ4n) is 2.80. The predicted molar refractivity (Wildman–Crippen MR) is 79.0 cm³/mol. The molecule has 0 amide bonds. The summed E-state index contributed by atoms with van der Waals surface area (Å²) in [4.78, 5) is 0. The minimum Gasteiger partial charge on any atom is -0.394 e. The van der Waals surface area contributed by atoms with Gasteiger partial charge < -0.3 is 50.0 Å². The molecule has 2 rings (SSSR count). The number of aliphatic hydroxyl groups excluding tert-OH is 7. The fraction of sp³-hybridized carbons (Fsp3) is 1.00. The van der Waals surface area contributed by atoms with Crippen LogP contribution < -0.4 is 0 Å². The van der Waals surface area contributed by atoms with Crippen LogP contribution in [0, 0.1) is 0 Å². The summed E-state index contributed by atoms with van der Waals surface area (Å²) in [5.41, 5.74) is 0. The molecule has 2 saturated heterocycles. The van der Waals surface area contributed by atoms with Gasteiger partial charge in [0.1, 0.15) is 42.7 Å². The molecule has 2 aliphatic rings. The predicted octanol–water partition coefficient (Wildman–Crippen LogP) is -5.57.